The van der Waals surface area contributed by atoms with Crippen LogP contribution >= 0.6 is 0 Å². The highest BCUT2D eigenvalue weighted by atomic mass is 32.2. The normalized spacial score (nSPS) is 12.5. The van der Waals surface area contributed by atoms with Crippen LogP contribution in [-0.4, -0.2) is 30.8 Å². The van der Waals surface area contributed by atoms with Crippen LogP contribution in [-0.2, 0) is 10.1 Å². The highest BCUT2D eigenvalue weighted by Crippen LogP contribution is 2.30. The monoisotopic (exact) mass is 364 g/mol. The molecule has 0 saturated heterocycles. The van der Waals surface area contributed by atoms with Crippen LogP contribution in [0.2, 0.25) is 6.82 Å². The van der Waals surface area contributed by atoms with Crippen LogP contribution in [0.5, 0.6) is 0 Å². The lowest BCUT2D eigenvalue weighted by Gasteiger charge is -2.14. The Labute approximate surface area is 152 Å². The van der Waals surface area contributed by atoms with Crippen molar-refractivity contribution >= 4 is 18.0 Å². The zero-order chi connectivity index (χ0) is 19.0. The second-order valence-corrected chi connectivity index (χ2v) is 7.49. The summed E-state index contributed by atoms with van der Waals surface area (Å²) in [6.45, 7) is 7.52. The summed E-state index contributed by atoms with van der Waals surface area (Å²) in [5.41, 5.74) is 3.15. The van der Waals surface area contributed by atoms with Gasteiger partial charge in [-0.2, -0.15) is 8.42 Å². The molecule has 2 rings (SSSR count). The molecule has 1 unspecified atom stereocenters. The van der Waals surface area contributed by atoms with Crippen molar-refractivity contribution in [1.82, 2.24) is 9.97 Å². The maximum atomic E-state index is 11.3. The Morgan fingerprint density at radius 1 is 1.08 bits per heavy atom. The zero-order valence-corrected chi connectivity index (χ0v) is 16.4. The minimum absolute atomic E-state index is 0.0697. The number of hydrogen-bond acceptors (Lipinski definition) is 2. The van der Waals surface area contributed by atoms with E-state index in [1.165, 1.54) is 31.4 Å². The smallest absolute Gasteiger partial charge is 0.296 e. The average molecular weight is 364 g/mol. The molecule has 2 heterocycles. The fraction of sp³-hybridized carbons (Fsp3) is 0.556. The number of hydrogen-bond donors (Lipinski definition) is 3. The summed E-state index contributed by atoms with van der Waals surface area (Å²) in [6.07, 6.45) is 5.82. The van der Waals surface area contributed by atoms with Gasteiger partial charge in [0.2, 0.25) is 0 Å². The molecule has 0 spiro atoms. The summed E-state index contributed by atoms with van der Waals surface area (Å²) >= 11 is 0. The summed E-state index contributed by atoms with van der Waals surface area (Å²) in [5, 5.41) is 0. The Bertz CT molecular complexity index is 750. The molecular formula is C18H29BN2O3S. The molecule has 0 amide bonds. The number of aromatic nitrogens is 2. The van der Waals surface area contributed by atoms with Crippen molar-refractivity contribution in [2.75, 3.05) is 0 Å². The molecule has 2 aromatic heterocycles. The molecule has 2 radical (unpaired) electrons. The number of rotatable bonds is 8. The Kier molecular flexibility index (Phi) is 8.52. The standard InChI is InChI=1S/C17H26N2O3S.CH3B/c1-4-6-8-13(7-5-2)14-9-10-15(19-14)16-11-17(12(3)18-16)23(20,21)22;1-2/h9-11,13,18-19H,4-8H2,1-3H3,(H,20,21,22);1H3. The van der Waals surface area contributed by atoms with Crippen molar-refractivity contribution in [2.45, 2.75) is 70.5 Å². The summed E-state index contributed by atoms with van der Waals surface area (Å²) < 4.78 is 31.9. The van der Waals surface area contributed by atoms with E-state index in [4.69, 9.17) is 0 Å². The first-order valence-electron chi connectivity index (χ1n) is 8.80. The molecule has 7 heteroatoms. The number of H-pyrrole nitrogens is 2. The predicted molar refractivity (Wildman–Crippen MR) is 104 cm³/mol. The molecule has 0 bridgehead atoms. The van der Waals surface area contributed by atoms with E-state index in [9.17, 15) is 13.0 Å². The van der Waals surface area contributed by atoms with Gasteiger partial charge in [-0.3, -0.25) is 4.55 Å². The second kappa shape index (κ2) is 9.87. The Balaban J connectivity index is 0.00000151. The van der Waals surface area contributed by atoms with Gasteiger partial charge < -0.3 is 9.97 Å². The van der Waals surface area contributed by atoms with Gasteiger partial charge in [0, 0.05) is 11.4 Å². The molecule has 0 aromatic carbocycles. The Morgan fingerprint density at radius 3 is 2.28 bits per heavy atom. The molecule has 1 atom stereocenters. The van der Waals surface area contributed by atoms with Crippen LogP contribution in [0, 0.1) is 6.92 Å². The quantitative estimate of drug-likeness (QED) is 0.463. The van der Waals surface area contributed by atoms with Crippen LogP contribution < -0.4 is 0 Å². The molecular weight excluding hydrogens is 335 g/mol. The van der Waals surface area contributed by atoms with E-state index in [2.05, 4.69) is 37.7 Å². The minimum atomic E-state index is -4.20. The van der Waals surface area contributed by atoms with E-state index >= 15 is 0 Å². The minimum Gasteiger partial charge on any atom is -0.357 e. The van der Waals surface area contributed by atoms with Crippen LogP contribution in [0.25, 0.3) is 11.4 Å². The fourth-order valence-electron chi connectivity index (χ4n) is 3.01. The lowest BCUT2D eigenvalue weighted by molar-refractivity contribution is 0.482. The maximum absolute atomic E-state index is 11.3. The maximum Gasteiger partial charge on any atom is 0.296 e. The summed E-state index contributed by atoms with van der Waals surface area (Å²) in [6, 6.07) is 5.51. The molecule has 0 aliphatic carbocycles. The first-order valence-corrected chi connectivity index (χ1v) is 10.2. The van der Waals surface area contributed by atoms with Crippen molar-refractivity contribution < 1.29 is 13.0 Å². The summed E-state index contributed by atoms with van der Waals surface area (Å²) in [5.74, 6) is 0.505. The third kappa shape index (κ3) is 5.78. The molecule has 0 aliphatic heterocycles. The Morgan fingerprint density at radius 2 is 1.76 bits per heavy atom. The highest BCUT2D eigenvalue weighted by Gasteiger charge is 2.19. The lowest BCUT2D eigenvalue weighted by atomic mass is 9.94. The molecule has 2 aromatic rings. The third-order valence-corrected chi connectivity index (χ3v) is 5.21. The van der Waals surface area contributed by atoms with Gasteiger partial charge in [-0.05, 0) is 43.9 Å². The summed E-state index contributed by atoms with van der Waals surface area (Å²) in [7, 11) is 0.304. The fourth-order valence-corrected chi connectivity index (χ4v) is 3.72. The van der Waals surface area contributed by atoms with E-state index in [-0.39, 0.29) is 4.90 Å². The SMILES string of the molecule is CCCCC(CCC)c1ccc(-c2cc(S(=O)(=O)O)c(C)[nH]2)[nH]1.[B]C. The molecule has 138 valence electrons. The molecule has 25 heavy (non-hydrogen) atoms. The number of unbranched alkanes of at least 4 members (excludes halogenated alkanes) is 1. The van der Waals surface area contributed by atoms with Gasteiger partial charge in [0.25, 0.3) is 10.1 Å². The molecule has 3 N–H and O–H groups in total. The van der Waals surface area contributed by atoms with Gasteiger partial charge in [-0.25, -0.2) is 0 Å². The Hall–Kier alpha value is -1.47. The van der Waals surface area contributed by atoms with Crippen molar-refractivity contribution in [3.05, 3.63) is 29.6 Å². The van der Waals surface area contributed by atoms with Crippen LogP contribution in [0.3, 0.4) is 0 Å². The molecule has 0 saturated carbocycles. The van der Waals surface area contributed by atoms with E-state index in [0.717, 1.165) is 25.0 Å². The third-order valence-electron chi connectivity index (χ3n) is 4.23. The van der Waals surface area contributed by atoms with Gasteiger partial charge in [0.05, 0.1) is 19.2 Å². The van der Waals surface area contributed by atoms with Gasteiger partial charge >= 0.3 is 0 Å². The second-order valence-electron chi connectivity index (χ2n) is 6.10. The van der Waals surface area contributed by atoms with Crippen molar-refractivity contribution in [1.29, 1.82) is 0 Å². The average Bonchev–Trinajstić information content (AvgIpc) is 3.19. The van der Waals surface area contributed by atoms with E-state index in [1.807, 2.05) is 6.07 Å². The number of aromatic amines is 2. The van der Waals surface area contributed by atoms with Crippen LogP contribution in [0.15, 0.2) is 23.1 Å². The topological polar surface area (TPSA) is 85.9 Å². The van der Waals surface area contributed by atoms with E-state index in [1.54, 1.807) is 6.92 Å². The molecule has 0 aliphatic rings. The lowest BCUT2D eigenvalue weighted by Crippen LogP contribution is -1.99. The van der Waals surface area contributed by atoms with Crippen LogP contribution in [0.1, 0.15) is 63.3 Å². The van der Waals surface area contributed by atoms with E-state index < -0.39 is 10.1 Å². The van der Waals surface area contributed by atoms with Gasteiger partial charge in [0.1, 0.15) is 4.90 Å². The first kappa shape index (κ1) is 21.6. The van der Waals surface area contributed by atoms with E-state index in [0.29, 0.717) is 17.3 Å². The highest BCUT2D eigenvalue weighted by molar-refractivity contribution is 7.85. The summed E-state index contributed by atoms with van der Waals surface area (Å²) in [4.78, 5) is 6.36. The zero-order valence-electron chi connectivity index (χ0n) is 15.6. The van der Waals surface area contributed by atoms with Crippen molar-refractivity contribution in [2.24, 2.45) is 0 Å². The number of aryl methyl sites for hydroxylation is 1. The van der Waals surface area contributed by atoms with Crippen LogP contribution in [0.4, 0.5) is 0 Å². The largest absolute Gasteiger partial charge is 0.357 e. The van der Waals surface area contributed by atoms with Gasteiger partial charge in [-0.1, -0.05) is 39.9 Å². The van der Waals surface area contributed by atoms with Gasteiger partial charge in [-0.15, -0.1) is 0 Å². The predicted octanol–water partition coefficient (Wildman–Crippen LogP) is 4.84. The van der Waals surface area contributed by atoms with Crippen molar-refractivity contribution in [3.63, 3.8) is 0 Å². The van der Waals surface area contributed by atoms with Gasteiger partial charge in [0.15, 0.2) is 0 Å². The molecule has 5 nitrogen and oxygen atoms in total. The first-order chi connectivity index (χ1) is 11.9. The number of nitrogens with one attached hydrogen (secondary N) is 2. The molecule has 0 fully saturated rings. The van der Waals surface area contributed by atoms with Crippen molar-refractivity contribution in [3.8, 4) is 11.4 Å².